The van der Waals surface area contributed by atoms with Gasteiger partial charge < -0.3 is 9.47 Å². The number of sulfone groups is 1. The van der Waals surface area contributed by atoms with Crippen LogP contribution in [-0.2, 0) is 21.2 Å². The molecule has 150 valence electrons. The monoisotopic (exact) mass is 410 g/mol. The van der Waals surface area contributed by atoms with Gasteiger partial charge in [0.2, 0.25) is 0 Å². The Morgan fingerprint density at radius 3 is 2.07 bits per heavy atom. The van der Waals surface area contributed by atoms with E-state index >= 15 is 0 Å². The summed E-state index contributed by atoms with van der Waals surface area (Å²) in [5.41, 5.74) is 1.65. The SMILES string of the molecule is CCS(=O)(=O)c1ccc(C(C=O)Oc2ccc(OCc3ccccc3)cc2)cc1. The van der Waals surface area contributed by atoms with Crippen LogP contribution in [-0.4, -0.2) is 20.5 Å². The van der Waals surface area contributed by atoms with Gasteiger partial charge in [-0.2, -0.15) is 0 Å². The van der Waals surface area contributed by atoms with E-state index < -0.39 is 15.9 Å². The van der Waals surface area contributed by atoms with Crippen molar-refractivity contribution in [3.8, 4) is 11.5 Å². The first-order valence-electron chi connectivity index (χ1n) is 9.23. The minimum Gasteiger partial charge on any atom is -0.489 e. The number of carbonyl (C=O) groups excluding carboxylic acids is 1. The van der Waals surface area contributed by atoms with E-state index in [4.69, 9.17) is 9.47 Å². The normalized spacial score (nSPS) is 12.2. The van der Waals surface area contributed by atoms with Gasteiger partial charge in [-0.25, -0.2) is 8.42 Å². The van der Waals surface area contributed by atoms with Crippen LogP contribution in [0.4, 0.5) is 0 Å². The Morgan fingerprint density at radius 1 is 0.862 bits per heavy atom. The molecular weight excluding hydrogens is 388 g/mol. The van der Waals surface area contributed by atoms with Crippen molar-refractivity contribution in [2.75, 3.05) is 5.75 Å². The maximum absolute atomic E-state index is 11.9. The second-order valence-electron chi connectivity index (χ2n) is 6.39. The summed E-state index contributed by atoms with van der Waals surface area (Å²) in [5.74, 6) is 1.23. The molecule has 0 saturated heterocycles. The highest BCUT2D eigenvalue weighted by Gasteiger charge is 2.16. The lowest BCUT2D eigenvalue weighted by molar-refractivity contribution is -0.113. The van der Waals surface area contributed by atoms with E-state index in [1.165, 1.54) is 12.1 Å². The van der Waals surface area contributed by atoms with Gasteiger partial charge in [0.25, 0.3) is 0 Å². The fourth-order valence-electron chi connectivity index (χ4n) is 2.71. The molecule has 6 heteroatoms. The number of rotatable bonds is 9. The lowest BCUT2D eigenvalue weighted by Crippen LogP contribution is -2.10. The average Bonchev–Trinajstić information content (AvgIpc) is 2.77. The van der Waals surface area contributed by atoms with Crippen molar-refractivity contribution >= 4 is 16.1 Å². The molecule has 1 atom stereocenters. The van der Waals surface area contributed by atoms with E-state index in [1.807, 2.05) is 30.3 Å². The third-order valence-electron chi connectivity index (χ3n) is 4.41. The maximum atomic E-state index is 11.9. The van der Waals surface area contributed by atoms with Crippen molar-refractivity contribution in [1.29, 1.82) is 0 Å². The molecule has 3 aromatic carbocycles. The molecule has 0 bridgehead atoms. The highest BCUT2D eigenvalue weighted by Crippen LogP contribution is 2.25. The largest absolute Gasteiger partial charge is 0.489 e. The Kier molecular flexibility index (Phi) is 6.67. The van der Waals surface area contributed by atoms with Gasteiger partial charge in [-0.05, 0) is 47.5 Å². The van der Waals surface area contributed by atoms with E-state index in [1.54, 1.807) is 43.3 Å². The van der Waals surface area contributed by atoms with Crippen molar-refractivity contribution in [3.63, 3.8) is 0 Å². The minimum absolute atomic E-state index is 0.0264. The van der Waals surface area contributed by atoms with Crippen LogP contribution in [0, 0.1) is 0 Å². The van der Waals surface area contributed by atoms with Gasteiger partial charge in [0.1, 0.15) is 18.1 Å². The number of aldehydes is 1. The van der Waals surface area contributed by atoms with Crippen LogP contribution >= 0.6 is 0 Å². The van der Waals surface area contributed by atoms with Crippen LogP contribution in [0.3, 0.4) is 0 Å². The second kappa shape index (κ2) is 9.39. The summed E-state index contributed by atoms with van der Waals surface area (Å²) in [4.78, 5) is 11.7. The molecule has 0 aliphatic rings. The van der Waals surface area contributed by atoms with Crippen molar-refractivity contribution in [1.82, 2.24) is 0 Å². The fourth-order valence-corrected chi connectivity index (χ4v) is 3.59. The number of hydrogen-bond acceptors (Lipinski definition) is 5. The van der Waals surface area contributed by atoms with Crippen molar-refractivity contribution in [3.05, 3.63) is 90.0 Å². The third-order valence-corrected chi connectivity index (χ3v) is 6.16. The molecule has 0 aromatic heterocycles. The molecule has 3 aromatic rings. The van der Waals surface area contributed by atoms with E-state index in [-0.39, 0.29) is 10.6 Å². The van der Waals surface area contributed by atoms with Crippen LogP contribution in [0.25, 0.3) is 0 Å². The van der Waals surface area contributed by atoms with Crippen LogP contribution in [0.1, 0.15) is 24.2 Å². The number of hydrogen-bond donors (Lipinski definition) is 0. The molecule has 0 aliphatic heterocycles. The molecule has 5 nitrogen and oxygen atoms in total. The summed E-state index contributed by atoms with van der Waals surface area (Å²) in [7, 11) is -3.28. The summed E-state index contributed by atoms with van der Waals surface area (Å²) in [6, 6.07) is 23.0. The molecule has 0 heterocycles. The summed E-state index contributed by atoms with van der Waals surface area (Å²) in [5, 5.41) is 0. The van der Waals surface area contributed by atoms with Gasteiger partial charge in [-0.15, -0.1) is 0 Å². The first kappa shape index (κ1) is 20.6. The molecule has 29 heavy (non-hydrogen) atoms. The minimum atomic E-state index is -3.28. The first-order chi connectivity index (χ1) is 14.0. The average molecular weight is 410 g/mol. The fraction of sp³-hybridized carbons (Fsp3) is 0.174. The molecule has 0 saturated carbocycles. The van der Waals surface area contributed by atoms with Crippen molar-refractivity contribution < 1.29 is 22.7 Å². The maximum Gasteiger partial charge on any atom is 0.179 e. The molecule has 0 spiro atoms. The number of carbonyl (C=O) groups is 1. The predicted octanol–water partition coefficient (Wildman–Crippen LogP) is 4.38. The molecule has 1 unspecified atom stereocenters. The molecule has 0 radical (unpaired) electrons. The van der Waals surface area contributed by atoms with Gasteiger partial charge in [-0.3, -0.25) is 4.79 Å². The summed E-state index contributed by atoms with van der Waals surface area (Å²) in [6.07, 6.45) is -0.146. The van der Waals surface area contributed by atoms with Crippen molar-refractivity contribution in [2.45, 2.75) is 24.5 Å². The Morgan fingerprint density at radius 2 is 1.48 bits per heavy atom. The molecule has 0 amide bonds. The Balaban J connectivity index is 1.64. The topological polar surface area (TPSA) is 69.7 Å². The second-order valence-corrected chi connectivity index (χ2v) is 8.67. The van der Waals surface area contributed by atoms with Gasteiger partial charge in [-0.1, -0.05) is 49.4 Å². The Bertz CT molecular complexity index is 1030. The molecule has 0 aliphatic carbocycles. The van der Waals surface area contributed by atoms with Gasteiger partial charge in [0, 0.05) is 0 Å². The van der Waals surface area contributed by atoms with E-state index in [9.17, 15) is 13.2 Å². The third kappa shape index (κ3) is 5.45. The van der Waals surface area contributed by atoms with Crippen LogP contribution < -0.4 is 9.47 Å². The summed E-state index contributed by atoms with van der Waals surface area (Å²) >= 11 is 0. The summed E-state index contributed by atoms with van der Waals surface area (Å²) < 4.78 is 35.3. The molecule has 0 fully saturated rings. The first-order valence-corrected chi connectivity index (χ1v) is 10.9. The van der Waals surface area contributed by atoms with Crippen LogP contribution in [0.15, 0.2) is 83.8 Å². The number of ether oxygens (including phenoxy) is 2. The number of benzene rings is 3. The van der Waals surface area contributed by atoms with E-state index in [2.05, 4.69) is 0 Å². The standard InChI is InChI=1S/C23H22O5S/c1-2-29(25,26)22-14-8-19(9-15-22)23(16-24)28-21-12-10-20(11-13-21)27-17-18-6-4-3-5-7-18/h3-16,23H,2,17H2,1H3. The quantitative estimate of drug-likeness (QED) is 0.490. The molecular formula is C23H22O5S. The van der Waals surface area contributed by atoms with E-state index in [0.717, 1.165) is 5.56 Å². The summed E-state index contributed by atoms with van der Waals surface area (Å²) in [6.45, 7) is 2.05. The van der Waals surface area contributed by atoms with Crippen molar-refractivity contribution in [2.24, 2.45) is 0 Å². The van der Waals surface area contributed by atoms with Gasteiger partial charge >= 0.3 is 0 Å². The Labute approximate surface area is 170 Å². The van der Waals surface area contributed by atoms with Crippen LogP contribution in [0.2, 0.25) is 0 Å². The smallest absolute Gasteiger partial charge is 0.179 e. The predicted molar refractivity (Wildman–Crippen MR) is 111 cm³/mol. The lowest BCUT2D eigenvalue weighted by atomic mass is 10.1. The molecule has 0 N–H and O–H groups in total. The highest BCUT2D eigenvalue weighted by molar-refractivity contribution is 7.91. The Hall–Kier alpha value is -3.12. The van der Waals surface area contributed by atoms with Crippen LogP contribution in [0.5, 0.6) is 11.5 Å². The lowest BCUT2D eigenvalue weighted by Gasteiger charge is -2.15. The van der Waals surface area contributed by atoms with Gasteiger partial charge in [0.05, 0.1) is 10.6 Å². The zero-order valence-corrected chi connectivity index (χ0v) is 16.8. The highest BCUT2D eigenvalue weighted by atomic mass is 32.2. The van der Waals surface area contributed by atoms with E-state index in [0.29, 0.717) is 30.0 Å². The van der Waals surface area contributed by atoms with Gasteiger partial charge in [0.15, 0.2) is 22.2 Å². The zero-order valence-electron chi connectivity index (χ0n) is 16.0. The zero-order chi connectivity index (χ0) is 20.7. The molecule has 3 rings (SSSR count).